The number of rotatable bonds is 2. The molecule has 3 rings (SSSR count). The van der Waals surface area contributed by atoms with Gasteiger partial charge in [0.25, 0.3) is 0 Å². The molecule has 0 heterocycles. The summed E-state index contributed by atoms with van der Waals surface area (Å²) in [5, 5.41) is 0. The highest BCUT2D eigenvalue weighted by molar-refractivity contribution is 6.00. The summed E-state index contributed by atoms with van der Waals surface area (Å²) >= 11 is 0. The van der Waals surface area contributed by atoms with E-state index in [9.17, 15) is 14.4 Å². The molecule has 0 aromatic rings. The molecular formula is C18H24O5. The van der Waals surface area contributed by atoms with Gasteiger partial charge in [-0.1, -0.05) is 11.6 Å². The summed E-state index contributed by atoms with van der Waals surface area (Å²) < 4.78 is 9.79. The second kappa shape index (κ2) is 6.10. The van der Waals surface area contributed by atoms with Gasteiger partial charge in [0.2, 0.25) is 0 Å². The molecule has 0 radical (unpaired) electrons. The molecule has 5 heteroatoms. The maximum Gasteiger partial charge on any atom is 0.323 e. The molecule has 0 amide bonds. The van der Waals surface area contributed by atoms with E-state index in [4.69, 9.17) is 9.47 Å². The van der Waals surface area contributed by atoms with Gasteiger partial charge in [0, 0.05) is 12.8 Å². The average Bonchev–Trinajstić information content (AvgIpc) is 3.10. The summed E-state index contributed by atoms with van der Waals surface area (Å²) in [4.78, 5) is 37.0. The number of carbonyl (C=O) groups is 3. The molecule has 5 nitrogen and oxygen atoms in total. The molecule has 0 saturated heterocycles. The summed E-state index contributed by atoms with van der Waals surface area (Å²) in [6.45, 7) is 0. The fraction of sp³-hybridized carbons (Fsp3) is 0.722. The van der Waals surface area contributed by atoms with E-state index >= 15 is 0 Å². The van der Waals surface area contributed by atoms with E-state index in [1.54, 1.807) is 0 Å². The first-order valence-corrected chi connectivity index (χ1v) is 8.39. The lowest BCUT2D eigenvalue weighted by Crippen LogP contribution is -2.39. The van der Waals surface area contributed by atoms with E-state index in [2.05, 4.69) is 6.08 Å². The van der Waals surface area contributed by atoms with Gasteiger partial charge in [0.1, 0.15) is 5.78 Å². The molecule has 23 heavy (non-hydrogen) atoms. The minimum Gasteiger partial charge on any atom is -0.468 e. The standard InChI is InChI=1S/C18H24O5/c1-22-16(20)18(17(21)23-2)9-13-6-11-4-3-5-12(11)7-15(19)8-14(13)10-18/h6,12-14H,3-5,7-10H2,1-2H3/b11-6-/t12-,13+,14-/m0/s1. The highest BCUT2D eigenvalue weighted by Crippen LogP contribution is 2.52. The van der Waals surface area contributed by atoms with Crippen LogP contribution in [0.4, 0.5) is 0 Å². The summed E-state index contributed by atoms with van der Waals surface area (Å²) in [6, 6.07) is 0. The van der Waals surface area contributed by atoms with Crippen LogP contribution in [-0.4, -0.2) is 31.9 Å². The predicted octanol–water partition coefficient (Wildman–Crippen LogP) is 2.43. The Morgan fingerprint density at radius 2 is 1.83 bits per heavy atom. The van der Waals surface area contributed by atoms with Gasteiger partial charge in [-0.15, -0.1) is 0 Å². The molecule has 0 aromatic carbocycles. The molecule has 0 bridgehead atoms. The third kappa shape index (κ3) is 2.70. The Kier molecular flexibility index (Phi) is 4.30. The summed E-state index contributed by atoms with van der Waals surface area (Å²) in [5.74, 6) is -0.352. The van der Waals surface area contributed by atoms with Crippen LogP contribution >= 0.6 is 0 Å². The van der Waals surface area contributed by atoms with Crippen LogP contribution in [0.3, 0.4) is 0 Å². The van der Waals surface area contributed by atoms with Crippen LogP contribution in [0.5, 0.6) is 0 Å². The van der Waals surface area contributed by atoms with Gasteiger partial charge in [-0.25, -0.2) is 0 Å². The Balaban J connectivity index is 1.95. The monoisotopic (exact) mass is 320 g/mol. The van der Waals surface area contributed by atoms with Crippen molar-refractivity contribution in [2.75, 3.05) is 14.2 Å². The predicted molar refractivity (Wildman–Crippen MR) is 82.3 cm³/mol. The molecule has 2 fully saturated rings. The van der Waals surface area contributed by atoms with Crippen molar-refractivity contribution < 1.29 is 23.9 Å². The molecule has 126 valence electrons. The number of methoxy groups -OCH3 is 2. The van der Waals surface area contributed by atoms with Crippen molar-refractivity contribution in [1.82, 2.24) is 0 Å². The number of esters is 2. The Labute approximate surface area is 136 Å². The lowest BCUT2D eigenvalue weighted by atomic mass is 9.82. The van der Waals surface area contributed by atoms with Gasteiger partial charge < -0.3 is 9.47 Å². The number of ether oxygens (including phenoxy) is 2. The van der Waals surface area contributed by atoms with E-state index in [-0.39, 0.29) is 17.6 Å². The highest BCUT2D eigenvalue weighted by atomic mass is 16.5. The molecule has 0 aliphatic heterocycles. The molecule has 0 aromatic heterocycles. The van der Waals surface area contributed by atoms with E-state index in [1.807, 2.05) is 0 Å². The van der Waals surface area contributed by atoms with Gasteiger partial charge in [0.05, 0.1) is 14.2 Å². The minimum atomic E-state index is -1.26. The summed E-state index contributed by atoms with van der Waals surface area (Å²) in [6.07, 6.45) is 7.28. The van der Waals surface area contributed by atoms with Crippen LogP contribution in [0, 0.1) is 23.2 Å². The second-order valence-corrected chi connectivity index (χ2v) is 7.18. The number of ketones is 1. The Morgan fingerprint density at radius 1 is 1.13 bits per heavy atom. The normalized spacial score (nSPS) is 34.4. The third-order valence-corrected chi connectivity index (χ3v) is 5.89. The number of hydrogen-bond acceptors (Lipinski definition) is 5. The number of allylic oxidation sites excluding steroid dienone is 2. The van der Waals surface area contributed by atoms with Crippen molar-refractivity contribution in [1.29, 1.82) is 0 Å². The maximum atomic E-state index is 12.4. The molecule has 3 atom stereocenters. The summed E-state index contributed by atoms with van der Waals surface area (Å²) in [5.41, 5.74) is 0.0906. The Hall–Kier alpha value is -1.65. The van der Waals surface area contributed by atoms with Crippen LogP contribution in [0.15, 0.2) is 11.6 Å². The highest BCUT2D eigenvalue weighted by Gasteiger charge is 2.57. The van der Waals surface area contributed by atoms with Gasteiger partial charge >= 0.3 is 11.9 Å². The molecular weight excluding hydrogens is 296 g/mol. The summed E-state index contributed by atoms with van der Waals surface area (Å²) in [7, 11) is 2.59. The molecule has 3 aliphatic carbocycles. The SMILES string of the molecule is COC(=O)C1(C(=O)OC)C[C@@H]2CC(=O)C[C@@H]3CCC/C3=C/[C@@H]2C1. The van der Waals surface area contributed by atoms with Crippen molar-refractivity contribution in [2.24, 2.45) is 23.2 Å². The quantitative estimate of drug-likeness (QED) is 0.444. The fourth-order valence-corrected chi connectivity index (χ4v) is 4.80. The second-order valence-electron chi connectivity index (χ2n) is 7.18. The molecule has 0 spiro atoms. The molecule has 2 saturated carbocycles. The Bertz CT molecular complexity index is 546. The van der Waals surface area contributed by atoms with Crippen molar-refractivity contribution in [3.8, 4) is 0 Å². The van der Waals surface area contributed by atoms with Gasteiger partial charge in [-0.2, -0.15) is 0 Å². The molecule has 0 N–H and O–H groups in total. The first kappa shape index (κ1) is 16.2. The van der Waals surface area contributed by atoms with Crippen LogP contribution < -0.4 is 0 Å². The zero-order valence-electron chi connectivity index (χ0n) is 13.8. The van der Waals surface area contributed by atoms with Crippen molar-refractivity contribution in [3.63, 3.8) is 0 Å². The number of carbonyl (C=O) groups excluding carboxylic acids is 3. The molecule has 3 aliphatic rings. The van der Waals surface area contributed by atoms with E-state index in [1.165, 1.54) is 19.8 Å². The maximum absolute atomic E-state index is 12.4. The van der Waals surface area contributed by atoms with Crippen molar-refractivity contribution in [2.45, 2.75) is 44.9 Å². The van der Waals surface area contributed by atoms with E-state index < -0.39 is 17.4 Å². The number of hydrogen-bond donors (Lipinski definition) is 0. The first-order chi connectivity index (χ1) is 11.0. The van der Waals surface area contributed by atoms with Crippen LogP contribution in [-0.2, 0) is 23.9 Å². The van der Waals surface area contributed by atoms with E-state index in [0.29, 0.717) is 31.6 Å². The smallest absolute Gasteiger partial charge is 0.323 e. The number of fused-ring (bicyclic) bond motifs is 2. The van der Waals surface area contributed by atoms with Crippen molar-refractivity contribution >= 4 is 17.7 Å². The largest absolute Gasteiger partial charge is 0.468 e. The van der Waals surface area contributed by atoms with Gasteiger partial charge in [0.15, 0.2) is 5.41 Å². The van der Waals surface area contributed by atoms with Gasteiger partial charge in [-0.05, 0) is 49.9 Å². The zero-order valence-corrected chi connectivity index (χ0v) is 13.8. The Morgan fingerprint density at radius 3 is 2.48 bits per heavy atom. The fourth-order valence-electron chi connectivity index (χ4n) is 4.80. The van der Waals surface area contributed by atoms with Crippen LogP contribution in [0.1, 0.15) is 44.9 Å². The van der Waals surface area contributed by atoms with Gasteiger partial charge in [-0.3, -0.25) is 14.4 Å². The average molecular weight is 320 g/mol. The first-order valence-electron chi connectivity index (χ1n) is 8.39. The topological polar surface area (TPSA) is 69.7 Å². The lowest BCUT2D eigenvalue weighted by molar-refractivity contribution is -0.169. The van der Waals surface area contributed by atoms with E-state index in [0.717, 1.165) is 19.3 Å². The van der Waals surface area contributed by atoms with Crippen LogP contribution in [0.2, 0.25) is 0 Å². The minimum absolute atomic E-state index is 0.0229. The van der Waals surface area contributed by atoms with Crippen LogP contribution in [0.25, 0.3) is 0 Å². The zero-order chi connectivity index (χ0) is 16.6. The third-order valence-electron chi connectivity index (χ3n) is 5.89. The lowest BCUT2D eigenvalue weighted by Gasteiger charge is -2.23. The van der Waals surface area contributed by atoms with Crippen molar-refractivity contribution in [3.05, 3.63) is 11.6 Å². The molecule has 0 unspecified atom stereocenters. The number of Topliss-reactive ketones (excluding diaryl/α,β-unsaturated/α-hetero) is 1.